The van der Waals surface area contributed by atoms with Crippen molar-refractivity contribution in [2.75, 3.05) is 0 Å². The van der Waals surface area contributed by atoms with Crippen LogP contribution in [0.2, 0.25) is 0 Å². The zero-order valence-corrected chi connectivity index (χ0v) is 10.9. The summed E-state index contributed by atoms with van der Waals surface area (Å²) in [5.41, 5.74) is 0.983. The average Bonchev–Trinajstić information content (AvgIpc) is 2.61. The molecule has 2 rings (SSSR count). The van der Waals surface area contributed by atoms with Crippen molar-refractivity contribution >= 4 is 11.5 Å². The molecule has 5 nitrogen and oxygen atoms in total. The molecule has 1 fully saturated rings. The van der Waals surface area contributed by atoms with Crippen LogP contribution in [0, 0.1) is 15.5 Å². The molecule has 0 bridgehead atoms. The van der Waals surface area contributed by atoms with Crippen LogP contribution in [-0.2, 0) is 6.42 Å². The van der Waals surface area contributed by atoms with Crippen LogP contribution in [0.15, 0.2) is 24.3 Å². The van der Waals surface area contributed by atoms with E-state index in [1.54, 1.807) is 12.1 Å². The number of nitrogens with one attached hydrogen (secondary N) is 2. The molecule has 0 aromatic heterocycles. The molecule has 1 atom stereocenters. The van der Waals surface area contributed by atoms with Crippen molar-refractivity contribution in [1.29, 1.82) is 5.41 Å². The van der Waals surface area contributed by atoms with Crippen molar-refractivity contribution in [3.63, 3.8) is 0 Å². The lowest BCUT2D eigenvalue weighted by atomic mass is 10.0. The molecular formula is C14H19N3O2. The summed E-state index contributed by atoms with van der Waals surface area (Å²) in [6, 6.07) is 7.18. The summed E-state index contributed by atoms with van der Waals surface area (Å²) in [7, 11) is 0. The van der Waals surface area contributed by atoms with Crippen LogP contribution in [0.4, 0.5) is 5.69 Å². The van der Waals surface area contributed by atoms with E-state index >= 15 is 0 Å². The second kappa shape index (κ2) is 6.31. The molecule has 0 radical (unpaired) electrons. The van der Waals surface area contributed by atoms with Gasteiger partial charge in [-0.25, -0.2) is 0 Å². The van der Waals surface area contributed by atoms with Crippen molar-refractivity contribution in [3.05, 3.63) is 39.9 Å². The zero-order valence-electron chi connectivity index (χ0n) is 10.9. The second-order valence-electron chi connectivity index (χ2n) is 4.99. The molecule has 102 valence electrons. The minimum Gasteiger partial charge on any atom is -0.371 e. The van der Waals surface area contributed by atoms with Crippen LogP contribution in [-0.4, -0.2) is 16.8 Å². The number of rotatable bonds is 4. The van der Waals surface area contributed by atoms with Gasteiger partial charge in [-0.3, -0.25) is 15.5 Å². The molecule has 1 unspecified atom stereocenters. The predicted octanol–water partition coefficient (Wildman–Crippen LogP) is 3.04. The Balaban J connectivity index is 1.98. The Morgan fingerprint density at radius 1 is 1.37 bits per heavy atom. The van der Waals surface area contributed by atoms with Gasteiger partial charge in [-0.15, -0.1) is 0 Å². The maximum atomic E-state index is 10.9. The summed E-state index contributed by atoms with van der Waals surface area (Å²) in [6.45, 7) is 0. The number of hydrogen-bond donors (Lipinski definition) is 2. The van der Waals surface area contributed by atoms with Crippen molar-refractivity contribution in [2.24, 2.45) is 0 Å². The number of hydrogen-bond acceptors (Lipinski definition) is 3. The first-order valence-electron chi connectivity index (χ1n) is 6.73. The van der Waals surface area contributed by atoms with Crippen LogP contribution in [0.5, 0.6) is 0 Å². The third-order valence-electron chi connectivity index (χ3n) is 3.56. The first-order chi connectivity index (χ1) is 9.16. The van der Waals surface area contributed by atoms with Gasteiger partial charge in [0.2, 0.25) is 0 Å². The van der Waals surface area contributed by atoms with E-state index in [0.29, 0.717) is 12.3 Å². The lowest BCUT2D eigenvalue weighted by Gasteiger charge is -2.16. The fourth-order valence-corrected chi connectivity index (χ4v) is 2.53. The highest BCUT2D eigenvalue weighted by Crippen LogP contribution is 2.21. The fraction of sp³-hybridized carbons (Fsp3) is 0.500. The van der Waals surface area contributed by atoms with Gasteiger partial charge in [-0.05, 0) is 25.7 Å². The normalized spacial score (nSPS) is 19.6. The molecule has 0 aliphatic carbocycles. The highest BCUT2D eigenvalue weighted by Gasteiger charge is 2.17. The zero-order chi connectivity index (χ0) is 13.7. The van der Waals surface area contributed by atoms with Gasteiger partial charge in [0.1, 0.15) is 0 Å². The number of amidine groups is 1. The van der Waals surface area contributed by atoms with E-state index in [-0.39, 0.29) is 16.7 Å². The van der Waals surface area contributed by atoms with E-state index in [1.807, 2.05) is 12.1 Å². The van der Waals surface area contributed by atoms with Crippen molar-refractivity contribution in [1.82, 2.24) is 5.32 Å². The lowest BCUT2D eigenvalue weighted by molar-refractivity contribution is -0.385. The fourth-order valence-electron chi connectivity index (χ4n) is 2.53. The molecule has 1 aliphatic rings. The number of nitrogens with zero attached hydrogens (tertiary/aromatic N) is 1. The lowest BCUT2D eigenvalue weighted by Crippen LogP contribution is -2.32. The Labute approximate surface area is 112 Å². The van der Waals surface area contributed by atoms with Gasteiger partial charge in [-0.2, -0.15) is 0 Å². The molecule has 1 aliphatic heterocycles. The molecule has 1 aromatic rings. The van der Waals surface area contributed by atoms with E-state index in [1.165, 1.54) is 0 Å². The van der Waals surface area contributed by atoms with E-state index in [0.717, 1.165) is 37.7 Å². The summed E-state index contributed by atoms with van der Waals surface area (Å²) in [5, 5.41) is 21.9. The largest absolute Gasteiger partial charge is 0.371 e. The minimum absolute atomic E-state index is 0.200. The van der Waals surface area contributed by atoms with Crippen LogP contribution in [0.3, 0.4) is 0 Å². The first-order valence-corrected chi connectivity index (χ1v) is 6.73. The third-order valence-corrected chi connectivity index (χ3v) is 3.56. The van der Waals surface area contributed by atoms with Gasteiger partial charge < -0.3 is 5.32 Å². The Kier molecular flexibility index (Phi) is 4.49. The summed E-state index contributed by atoms with van der Waals surface area (Å²) in [5.74, 6) is 0.602. The minimum atomic E-state index is -0.322. The van der Waals surface area contributed by atoms with Gasteiger partial charge in [0.15, 0.2) is 0 Å². The molecule has 0 amide bonds. The highest BCUT2D eigenvalue weighted by atomic mass is 16.6. The molecular weight excluding hydrogens is 242 g/mol. The predicted molar refractivity (Wildman–Crippen MR) is 74.5 cm³/mol. The van der Waals surface area contributed by atoms with E-state index in [2.05, 4.69) is 5.32 Å². The number of benzene rings is 1. The molecule has 2 N–H and O–H groups in total. The van der Waals surface area contributed by atoms with Gasteiger partial charge in [0, 0.05) is 24.1 Å². The summed E-state index contributed by atoms with van der Waals surface area (Å²) < 4.78 is 0. The van der Waals surface area contributed by atoms with Gasteiger partial charge in [0.05, 0.1) is 10.8 Å². The van der Waals surface area contributed by atoms with Gasteiger partial charge >= 0.3 is 0 Å². The van der Waals surface area contributed by atoms with Crippen LogP contribution in [0.1, 0.15) is 37.7 Å². The monoisotopic (exact) mass is 261 g/mol. The number of nitro groups is 1. The molecule has 0 spiro atoms. The highest BCUT2D eigenvalue weighted by molar-refractivity contribution is 5.79. The van der Waals surface area contributed by atoms with Crippen molar-refractivity contribution < 1.29 is 4.92 Å². The van der Waals surface area contributed by atoms with Crippen LogP contribution in [0.25, 0.3) is 0 Å². The molecule has 1 aromatic carbocycles. The maximum absolute atomic E-state index is 10.9. The number of para-hydroxylation sites is 1. The van der Waals surface area contributed by atoms with E-state index in [9.17, 15) is 10.1 Å². The van der Waals surface area contributed by atoms with E-state index < -0.39 is 0 Å². The number of aryl methyl sites for hydroxylation is 1. The summed E-state index contributed by atoms with van der Waals surface area (Å²) in [6.07, 6.45) is 5.57. The molecule has 5 heteroatoms. The smallest absolute Gasteiger partial charge is 0.272 e. The Bertz CT molecular complexity index is 474. The quantitative estimate of drug-likeness (QED) is 0.645. The number of nitro benzene ring substituents is 1. The van der Waals surface area contributed by atoms with E-state index in [4.69, 9.17) is 5.41 Å². The topological polar surface area (TPSA) is 79.0 Å². The van der Waals surface area contributed by atoms with Crippen LogP contribution >= 0.6 is 0 Å². The Morgan fingerprint density at radius 3 is 2.95 bits per heavy atom. The van der Waals surface area contributed by atoms with Crippen LogP contribution < -0.4 is 5.32 Å². The second-order valence-corrected chi connectivity index (χ2v) is 4.99. The van der Waals surface area contributed by atoms with Gasteiger partial charge in [-0.1, -0.05) is 24.6 Å². The standard InChI is InChI=1S/C14H19N3O2/c15-14-8-4-2-6-12(16-14)10-9-11-5-1-3-7-13(11)17(18)19/h1,3,5,7,12H,2,4,6,8-10H2,(H2,15,16). The Morgan fingerprint density at radius 2 is 2.16 bits per heavy atom. The van der Waals surface area contributed by atoms with Crippen molar-refractivity contribution in [3.8, 4) is 0 Å². The average molecular weight is 261 g/mol. The van der Waals surface area contributed by atoms with Crippen molar-refractivity contribution in [2.45, 2.75) is 44.6 Å². The Hall–Kier alpha value is -1.91. The molecule has 19 heavy (non-hydrogen) atoms. The SMILES string of the molecule is N=C1CCCCC(CCc2ccccc2[N+](=O)[O-])N1. The summed E-state index contributed by atoms with van der Waals surface area (Å²) in [4.78, 5) is 10.6. The molecule has 1 saturated heterocycles. The van der Waals surface area contributed by atoms with Gasteiger partial charge in [0.25, 0.3) is 5.69 Å². The summed E-state index contributed by atoms with van der Waals surface area (Å²) >= 11 is 0. The first kappa shape index (κ1) is 13.5. The maximum Gasteiger partial charge on any atom is 0.272 e. The molecule has 1 heterocycles. The third kappa shape index (κ3) is 3.77. The molecule has 0 saturated carbocycles.